The monoisotopic (exact) mass is 827 g/mol. The van der Waals surface area contributed by atoms with Gasteiger partial charge in [-0.3, -0.25) is 4.99 Å². The van der Waals surface area contributed by atoms with Gasteiger partial charge in [0.1, 0.15) is 0 Å². The Morgan fingerprint density at radius 1 is 0.841 bits per heavy atom. The Labute approximate surface area is 377 Å². The van der Waals surface area contributed by atoms with Crippen LogP contribution in [0.25, 0.3) is 33.9 Å². The first-order valence-corrected chi connectivity index (χ1v) is 22.9. The lowest BCUT2D eigenvalue weighted by atomic mass is 9.68. The minimum absolute atomic E-state index is 0.188. The van der Waals surface area contributed by atoms with Crippen LogP contribution in [0.2, 0.25) is 0 Å². The average molecular weight is 828 g/mol. The Morgan fingerprint density at radius 3 is 2.33 bits per heavy atom. The number of nitrogens with zero attached hydrogens (tertiary/aromatic N) is 1. The minimum Gasteiger partial charge on any atom is -0.288 e. The van der Waals surface area contributed by atoms with Gasteiger partial charge in [-0.2, -0.15) is 0 Å². The summed E-state index contributed by atoms with van der Waals surface area (Å²) in [5.74, 6) is 2.97. The molecule has 5 aliphatic rings. The van der Waals surface area contributed by atoms with Crippen molar-refractivity contribution in [2.45, 2.75) is 48.7 Å². The van der Waals surface area contributed by atoms with E-state index in [1.807, 2.05) is 37.0 Å². The molecule has 1 nitrogen and oxygen atoms in total. The van der Waals surface area contributed by atoms with Crippen molar-refractivity contribution in [3.8, 4) is 23.5 Å². The first kappa shape index (κ1) is 40.2. The van der Waals surface area contributed by atoms with Crippen LogP contribution in [-0.2, 0) is 11.8 Å². The lowest BCUT2D eigenvalue weighted by Gasteiger charge is -2.33. The summed E-state index contributed by atoms with van der Waals surface area (Å²) in [6.07, 6.45) is 36.5. The molecule has 1 heterocycles. The van der Waals surface area contributed by atoms with Gasteiger partial charge in [0.15, 0.2) is 0 Å². The molecule has 5 aromatic rings. The second-order valence-electron chi connectivity index (χ2n) is 16.7. The predicted octanol–water partition coefficient (Wildman–Crippen LogP) is 15.0. The standard InChI is InChI=1S/C61H49NS/c1-5-18-53-41(3)60-54(36-33-49-40-59(60)63-58-26-17-16-25-50(49)58)61(53)55-37-42(27-31-44(6-2)45-19-10-7-11-20-45)29-34-51(55)52-35-30-43(38-56(52)61)28-32-48(46-21-12-8-13-22-46)39-57(62-4)47-23-14-9-15-24-47/h2,5,7-14,16-23,25-26,28-40,59H,15,24,27H2,1,3-4H3/b18-5-,32-28+,44-31+,48-39+,62-57?. The summed E-state index contributed by atoms with van der Waals surface area (Å²) >= 11 is 1.98. The van der Waals surface area contributed by atoms with Crippen LogP contribution < -0.4 is 0 Å². The Bertz CT molecular complexity index is 3070. The number of hydrogen-bond acceptors (Lipinski definition) is 2. The molecule has 63 heavy (non-hydrogen) atoms. The molecule has 2 heteroatoms. The minimum atomic E-state index is -0.523. The van der Waals surface area contributed by atoms with Crippen molar-refractivity contribution in [3.63, 3.8) is 0 Å². The molecule has 10 rings (SSSR count). The van der Waals surface area contributed by atoms with Crippen molar-refractivity contribution in [3.05, 3.63) is 255 Å². The van der Waals surface area contributed by atoms with Crippen LogP contribution in [0.3, 0.4) is 0 Å². The molecule has 4 aliphatic carbocycles. The summed E-state index contributed by atoms with van der Waals surface area (Å²) in [7, 11) is 1.90. The van der Waals surface area contributed by atoms with E-state index in [0.717, 1.165) is 52.8 Å². The van der Waals surface area contributed by atoms with Crippen LogP contribution in [0.15, 0.2) is 226 Å². The molecule has 0 saturated heterocycles. The fraction of sp³-hybridized carbons (Fsp3) is 0.131. The van der Waals surface area contributed by atoms with Gasteiger partial charge in [0, 0.05) is 17.5 Å². The van der Waals surface area contributed by atoms with E-state index < -0.39 is 5.41 Å². The molecule has 1 aliphatic heterocycles. The van der Waals surface area contributed by atoms with E-state index in [1.54, 1.807) is 0 Å². The van der Waals surface area contributed by atoms with Gasteiger partial charge in [-0.05, 0) is 140 Å². The fourth-order valence-corrected chi connectivity index (χ4v) is 11.7. The van der Waals surface area contributed by atoms with Gasteiger partial charge in [0.25, 0.3) is 0 Å². The maximum Gasteiger partial charge on any atom is 0.0719 e. The lowest BCUT2D eigenvalue weighted by molar-refractivity contribution is 0.775. The number of benzene rings is 5. The molecule has 0 saturated carbocycles. The summed E-state index contributed by atoms with van der Waals surface area (Å²) in [6.45, 7) is 4.52. The van der Waals surface area contributed by atoms with Crippen molar-refractivity contribution in [1.29, 1.82) is 0 Å². The molecule has 0 N–H and O–H groups in total. The Hall–Kier alpha value is -6.92. The molecular weight excluding hydrogens is 779 g/mol. The Kier molecular flexibility index (Phi) is 10.9. The summed E-state index contributed by atoms with van der Waals surface area (Å²) in [5.41, 5.74) is 21.8. The van der Waals surface area contributed by atoms with Crippen LogP contribution in [0.5, 0.6) is 0 Å². The molecule has 0 aromatic heterocycles. The van der Waals surface area contributed by atoms with Gasteiger partial charge in [0.2, 0.25) is 0 Å². The number of thioether (sulfide) groups is 1. The second kappa shape index (κ2) is 17.1. The fourth-order valence-electron chi connectivity index (χ4n) is 10.3. The number of aliphatic imine (C=N–C) groups is 1. The quantitative estimate of drug-likeness (QED) is 0.0819. The Morgan fingerprint density at radius 2 is 1.59 bits per heavy atom. The molecular formula is C61H49NS. The van der Waals surface area contributed by atoms with Gasteiger partial charge in [-0.25, -0.2) is 0 Å². The number of hydrogen-bond donors (Lipinski definition) is 0. The lowest BCUT2D eigenvalue weighted by Crippen LogP contribution is -2.28. The van der Waals surface area contributed by atoms with Gasteiger partial charge in [-0.1, -0.05) is 182 Å². The van der Waals surface area contributed by atoms with Crippen molar-refractivity contribution < 1.29 is 0 Å². The number of fused-ring (bicyclic) bond motifs is 10. The SMILES string of the molecule is C#C/C(=C\Cc1ccc2c(c1)C1(C3=C(C(C)=C1/C=C\C)C1C=C(C=C3)c3ccccc3S1)c1cc(/C=C/C(=C\C(=NC)C3=CC=CCC3)c3ccccc3)ccc1-2)c1ccccc1. The highest BCUT2D eigenvalue weighted by Crippen LogP contribution is 2.64. The summed E-state index contributed by atoms with van der Waals surface area (Å²) in [5, 5.41) is 0.188. The maximum absolute atomic E-state index is 6.12. The summed E-state index contributed by atoms with van der Waals surface area (Å²) in [6, 6.07) is 44.2. The van der Waals surface area contributed by atoms with E-state index in [4.69, 9.17) is 11.4 Å². The van der Waals surface area contributed by atoms with E-state index in [-0.39, 0.29) is 5.25 Å². The zero-order valence-electron chi connectivity index (χ0n) is 36.1. The summed E-state index contributed by atoms with van der Waals surface area (Å²) in [4.78, 5) is 6.12. The molecule has 0 fully saturated rings. The first-order valence-electron chi connectivity index (χ1n) is 22.1. The van der Waals surface area contributed by atoms with E-state index in [9.17, 15) is 0 Å². The topological polar surface area (TPSA) is 12.4 Å². The third kappa shape index (κ3) is 7.08. The van der Waals surface area contributed by atoms with Crippen molar-refractivity contribution in [1.82, 2.24) is 0 Å². The largest absolute Gasteiger partial charge is 0.288 e. The molecule has 304 valence electrons. The highest BCUT2D eigenvalue weighted by Gasteiger charge is 2.53. The predicted molar refractivity (Wildman–Crippen MR) is 271 cm³/mol. The van der Waals surface area contributed by atoms with Crippen LogP contribution in [0.1, 0.15) is 65.6 Å². The van der Waals surface area contributed by atoms with Crippen LogP contribution in [0.4, 0.5) is 0 Å². The first-order chi connectivity index (χ1) is 31.0. The molecule has 2 bridgehead atoms. The van der Waals surface area contributed by atoms with Crippen LogP contribution in [-0.4, -0.2) is 18.0 Å². The molecule has 2 atom stereocenters. The number of allylic oxidation sites excluding steroid dienone is 17. The molecule has 0 amide bonds. The third-order valence-electron chi connectivity index (χ3n) is 13.2. The average Bonchev–Trinajstić information content (AvgIpc) is 3.68. The van der Waals surface area contributed by atoms with E-state index >= 15 is 0 Å². The smallest absolute Gasteiger partial charge is 0.0719 e. The molecule has 1 spiro atoms. The zero-order chi connectivity index (χ0) is 42.9. The van der Waals surface area contributed by atoms with Crippen LogP contribution in [0, 0.1) is 12.3 Å². The van der Waals surface area contributed by atoms with Crippen molar-refractivity contribution in [2.75, 3.05) is 7.05 Å². The molecule has 5 aromatic carbocycles. The highest BCUT2D eigenvalue weighted by atomic mass is 32.2. The zero-order valence-corrected chi connectivity index (χ0v) is 36.9. The van der Waals surface area contributed by atoms with Gasteiger partial charge in [-0.15, -0.1) is 18.2 Å². The normalized spacial score (nSPS) is 20.2. The van der Waals surface area contributed by atoms with Gasteiger partial charge in [0.05, 0.1) is 16.4 Å². The van der Waals surface area contributed by atoms with Gasteiger partial charge >= 0.3 is 0 Å². The number of terminal acetylenes is 1. The Balaban J connectivity index is 1.15. The van der Waals surface area contributed by atoms with Crippen molar-refractivity contribution >= 4 is 40.3 Å². The van der Waals surface area contributed by atoms with E-state index in [0.29, 0.717) is 0 Å². The van der Waals surface area contributed by atoms with Crippen molar-refractivity contribution in [2.24, 2.45) is 4.99 Å². The number of rotatable bonds is 9. The molecule has 0 radical (unpaired) electrons. The molecule has 2 unspecified atom stereocenters. The maximum atomic E-state index is 6.12. The summed E-state index contributed by atoms with van der Waals surface area (Å²) < 4.78 is 0. The van der Waals surface area contributed by atoms with E-state index in [1.165, 1.54) is 71.7 Å². The van der Waals surface area contributed by atoms with Gasteiger partial charge < -0.3 is 0 Å². The third-order valence-corrected chi connectivity index (χ3v) is 14.4. The van der Waals surface area contributed by atoms with E-state index in [2.05, 4.69) is 196 Å². The highest BCUT2D eigenvalue weighted by molar-refractivity contribution is 8.00. The van der Waals surface area contributed by atoms with Crippen LogP contribution >= 0.6 is 11.8 Å². The second-order valence-corrected chi connectivity index (χ2v) is 17.9.